The summed E-state index contributed by atoms with van der Waals surface area (Å²) in [5.41, 5.74) is -0.0885. The van der Waals surface area contributed by atoms with E-state index in [2.05, 4.69) is 15.9 Å². The molecule has 0 aromatic heterocycles. The molecule has 20 heavy (non-hydrogen) atoms. The molecular formula is C13H16BrNO4S. The first kappa shape index (κ1) is 15.5. The fourth-order valence-electron chi connectivity index (χ4n) is 2.24. The van der Waals surface area contributed by atoms with Gasteiger partial charge in [-0.3, -0.25) is 0 Å². The first-order valence-corrected chi connectivity index (χ1v) is 8.40. The van der Waals surface area contributed by atoms with Crippen molar-refractivity contribution in [1.82, 2.24) is 4.31 Å². The number of carboxylic acids is 1. The van der Waals surface area contributed by atoms with Crippen LogP contribution in [-0.4, -0.2) is 36.9 Å². The van der Waals surface area contributed by atoms with Crippen molar-refractivity contribution in [2.45, 2.75) is 25.2 Å². The van der Waals surface area contributed by atoms with Gasteiger partial charge in [-0.25, -0.2) is 13.2 Å². The second-order valence-electron chi connectivity index (χ2n) is 5.70. The molecule has 0 unspecified atom stereocenters. The van der Waals surface area contributed by atoms with Crippen LogP contribution in [0.2, 0.25) is 0 Å². The van der Waals surface area contributed by atoms with Crippen molar-refractivity contribution in [1.29, 1.82) is 0 Å². The molecule has 2 rings (SSSR count). The van der Waals surface area contributed by atoms with E-state index in [1.54, 1.807) is 0 Å². The molecule has 0 aliphatic carbocycles. The first-order chi connectivity index (χ1) is 9.13. The standard InChI is InChI=1S/C13H16BrNO4S/c1-13(2)5-6-15(8-13)20(18,19)11-7-9(12(16)17)3-4-10(11)14/h3-4,7H,5-6,8H2,1-2H3,(H,16,17). The fraction of sp³-hybridized carbons (Fsp3) is 0.462. The van der Waals surface area contributed by atoms with Crippen LogP contribution in [0.5, 0.6) is 0 Å². The SMILES string of the molecule is CC1(C)CCN(S(=O)(=O)c2cc(C(=O)O)ccc2Br)C1. The molecular weight excluding hydrogens is 346 g/mol. The average molecular weight is 362 g/mol. The number of carboxylic acid groups (broad SMARTS) is 1. The van der Waals surface area contributed by atoms with Gasteiger partial charge < -0.3 is 5.11 Å². The van der Waals surface area contributed by atoms with Crippen molar-refractivity contribution in [3.05, 3.63) is 28.2 Å². The number of rotatable bonds is 3. The van der Waals surface area contributed by atoms with Crippen LogP contribution in [0.3, 0.4) is 0 Å². The van der Waals surface area contributed by atoms with Gasteiger partial charge >= 0.3 is 5.97 Å². The van der Waals surface area contributed by atoms with Crippen LogP contribution < -0.4 is 0 Å². The van der Waals surface area contributed by atoms with Crippen LogP contribution in [0, 0.1) is 5.41 Å². The Morgan fingerprint density at radius 1 is 1.40 bits per heavy atom. The molecule has 5 nitrogen and oxygen atoms in total. The summed E-state index contributed by atoms with van der Waals surface area (Å²) in [5, 5.41) is 8.99. The van der Waals surface area contributed by atoms with Gasteiger partial charge in [-0.15, -0.1) is 0 Å². The molecule has 0 radical (unpaired) electrons. The van der Waals surface area contributed by atoms with Crippen LogP contribution >= 0.6 is 15.9 Å². The van der Waals surface area contributed by atoms with E-state index in [1.807, 2.05) is 13.8 Å². The second-order valence-corrected chi connectivity index (χ2v) is 8.46. The quantitative estimate of drug-likeness (QED) is 0.897. The molecule has 0 atom stereocenters. The maximum Gasteiger partial charge on any atom is 0.335 e. The predicted molar refractivity (Wildman–Crippen MR) is 78.3 cm³/mol. The molecule has 1 N–H and O–H groups in total. The lowest BCUT2D eigenvalue weighted by Crippen LogP contribution is -2.30. The number of halogens is 1. The highest BCUT2D eigenvalue weighted by Crippen LogP contribution is 2.34. The third-order valence-corrected chi connectivity index (χ3v) is 6.28. The molecule has 0 spiro atoms. The van der Waals surface area contributed by atoms with Gasteiger partial charge in [0.2, 0.25) is 10.0 Å². The van der Waals surface area contributed by atoms with Crippen molar-refractivity contribution in [2.75, 3.05) is 13.1 Å². The second kappa shape index (κ2) is 5.13. The smallest absolute Gasteiger partial charge is 0.335 e. The van der Waals surface area contributed by atoms with Gasteiger partial charge in [0.05, 0.1) is 10.5 Å². The number of nitrogens with zero attached hydrogens (tertiary/aromatic N) is 1. The highest BCUT2D eigenvalue weighted by atomic mass is 79.9. The maximum atomic E-state index is 12.6. The summed E-state index contributed by atoms with van der Waals surface area (Å²) in [5.74, 6) is -1.14. The zero-order chi connectivity index (χ0) is 15.1. The maximum absolute atomic E-state index is 12.6. The van der Waals surface area contributed by atoms with E-state index in [1.165, 1.54) is 22.5 Å². The number of aromatic carboxylic acids is 1. The largest absolute Gasteiger partial charge is 0.478 e. The number of benzene rings is 1. The van der Waals surface area contributed by atoms with Crippen LogP contribution in [0.15, 0.2) is 27.6 Å². The Morgan fingerprint density at radius 3 is 2.55 bits per heavy atom. The Morgan fingerprint density at radius 2 is 2.05 bits per heavy atom. The van der Waals surface area contributed by atoms with E-state index < -0.39 is 16.0 Å². The lowest BCUT2D eigenvalue weighted by atomic mass is 9.93. The molecule has 1 aromatic rings. The van der Waals surface area contributed by atoms with Crippen molar-refractivity contribution < 1.29 is 18.3 Å². The summed E-state index contributed by atoms with van der Waals surface area (Å²) in [6, 6.07) is 4.03. The molecule has 110 valence electrons. The van der Waals surface area contributed by atoms with Crippen molar-refractivity contribution >= 4 is 31.9 Å². The Balaban J connectivity index is 2.45. The first-order valence-electron chi connectivity index (χ1n) is 6.16. The molecule has 1 aromatic carbocycles. The van der Waals surface area contributed by atoms with E-state index in [9.17, 15) is 13.2 Å². The highest BCUT2D eigenvalue weighted by molar-refractivity contribution is 9.10. The topological polar surface area (TPSA) is 74.7 Å². The van der Waals surface area contributed by atoms with Gasteiger partial charge in [0.15, 0.2) is 0 Å². The van der Waals surface area contributed by atoms with Crippen LogP contribution in [-0.2, 0) is 10.0 Å². The van der Waals surface area contributed by atoms with E-state index in [4.69, 9.17) is 5.11 Å². The van der Waals surface area contributed by atoms with Gasteiger partial charge in [0, 0.05) is 17.6 Å². The van der Waals surface area contributed by atoms with Gasteiger partial charge in [-0.2, -0.15) is 4.31 Å². The lowest BCUT2D eigenvalue weighted by molar-refractivity contribution is 0.0696. The number of sulfonamides is 1. The predicted octanol–water partition coefficient (Wildman–Crippen LogP) is 2.57. The summed E-state index contributed by atoms with van der Waals surface area (Å²) in [4.78, 5) is 11.0. The van der Waals surface area contributed by atoms with Gasteiger partial charge in [-0.1, -0.05) is 13.8 Å². The van der Waals surface area contributed by atoms with Crippen molar-refractivity contribution in [2.24, 2.45) is 5.41 Å². The van der Waals surface area contributed by atoms with Gasteiger partial charge in [-0.05, 0) is 46.0 Å². The molecule has 7 heteroatoms. The molecule has 1 fully saturated rings. The van der Waals surface area contributed by atoms with Crippen LogP contribution in [0.25, 0.3) is 0 Å². The van der Waals surface area contributed by atoms with Gasteiger partial charge in [0.25, 0.3) is 0 Å². The minimum Gasteiger partial charge on any atom is -0.478 e. The molecule has 1 saturated heterocycles. The Bertz CT molecular complexity index is 654. The summed E-state index contributed by atoms with van der Waals surface area (Å²) >= 11 is 3.19. The summed E-state index contributed by atoms with van der Waals surface area (Å²) in [6.45, 7) is 4.94. The molecule has 0 bridgehead atoms. The molecule has 0 amide bonds. The Labute approximate surface area is 126 Å². The van der Waals surface area contributed by atoms with E-state index in [-0.39, 0.29) is 15.9 Å². The number of hydrogen-bond acceptors (Lipinski definition) is 3. The number of carbonyl (C=O) groups is 1. The zero-order valence-electron chi connectivity index (χ0n) is 11.3. The molecule has 0 saturated carbocycles. The minimum absolute atomic E-state index is 0.00935. The third-order valence-electron chi connectivity index (χ3n) is 3.44. The summed E-state index contributed by atoms with van der Waals surface area (Å²) < 4.78 is 27.0. The lowest BCUT2D eigenvalue weighted by Gasteiger charge is -2.20. The van der Waals surface area contributed by atoms with Crippen molar-refractivity contribution in [3.63, 3.8) is 0 Å². The normalized spacial score (nSPS) is 19.1. The average Bonchev–Trinajstić information content (AvgIpc) is 2.70. The molecule has 1 aliphatic heterocycles. The van der Waals surface area contributed by atoms with Crippen molar-refractivity contribution in [3.8, 4) is 0 Å². The Hall–Kier alpha value is -0.920. The Kier molecular flexibility index (Phi) is 3.96. The molecule has 1 aliphatic rings. The van der Waals surface area contributed by atoms with E-state index >= 15 is 0 Å². The third kappa shape index (κ3) is 2.89. The van der Waals surface area contributed by atoms with Gasteiger partial charge in [0.1, 0.15) is 0 Å². The zero-order valence-corrected chi connectivity index (χ0v) is 13.7. The van der Waals surface area contributed by atoms with E-state index in [0.29, 0.717) is 17.6 Å². The fourth-order valence-corrected chi connectivity index (χ4v) is 4.82. The number of hydrogen-bond donors (Lipinski definition) is 1. The summed E-state index contributed by atoms with van der Waals surface area (Å²) in [7, 11) is -3.67. The summed E-state index contributed by atoms with van der Waals surface area (Å²) in [6.07, 6.45) is 0.794. The molecule has 1 heterocycles. The monoisotopic (exact) mass is 361 g/mol. The minimum atomic E-state index is -3.67. The van der Waals surface area contributed by atoms with E-state index in [0.717, 1.165) is 6.42 Å². The van der Waals surface area contributed by atoms with Crippen LogP contribution in [0.1, 0.15) is 30.6 Å². The van der Waals surface area contributed by atoms with Crippen LogP contribution in [0.4, 0.5) is 0 Å². The highest BCUT2D eigenvalue weighted by Gasteiger charge is 2.37.